The van der Waals surface area contributed by atoms with Crippen molar-refractivity contribution in [3.63, 3.8) is 0 Å². The molecule has 0 aromatic heterocycles. The van der Waals surface area contributed by atoms with Crippen LogP contribution in [-0.4, -0.2) is 36.5 Å². The molecule has 0 saturated carbocycles. The summed E-state index contributed by atoms with van der Waals surface area (Å²) in [4.78, 5) is 0. The fourth-order valence-electron chi connectivity index (χ4n) is 5.61. The van der Waals surface area contributed by atoms with Crippen molar-refractivity contribution in [2.45, 2.75) is 121 Å². The Morgan fingerprint density at radius 1 is 0.333 bits per heavy atom. The van der Waals surface area contributed by atoms with E-state index in [2.05, 4.69) is 83.1 Å². The Balaban J connectivity index is -0.000000411. The summed E-state index contributed by atoms with van der Waals surface area (Å²) in [5, 5.41) is 0. The predicted molar refractivity (Wildman–Crippen MR) is 138 cm³/mol. The third-order valence-corrected chi connectivity index (χ3v) is 5.91. The van der Waals surface area contributed by atoms with E-state index >= 15 is 0 Å². The number of rotatable bonds is 12. The molecule has 0 N–H and O–H groups in total. The van der Waals surface area contributed by atoms with Crippen LogP contribution in [0.15, 0.2) is 0 Å². The Hall–Kier alpha value is 0.896. The minimum Gasteiger partial charge on any atom is -0.179 e. The summed E-state index contributed by atoms with van der Waals surface area (Å²) in [6.07, 6.45) is 8.98. The second-order valence-corrected chi connectivity index (χ2v) is 12.2. The summed E-state index contributed by atoms with van der Waals surface area (Å²) in [6.45, 7) is 28.6. The van der Waals surface area contributed by atoms with E-state index in [1.54, 1.807) is 0 Å². The monoisotopic (exact) mass is 390 g/mol. The van der Waals surface area contributed by atoms with E-state index in [1.807, 2.05) is 0 Å². The SMILES string of the molecule is CC(C)C[BH-](CC(C)C)CC(C)C.CC(C)C[BH-](CC(C)C)CC(C)C.[Mg+2]. The molecule has 0 spiro atoms. The van der Waals surface area contributed by atoms with E-state index in [0.29, 0.717) is 0 Å². The van der Waals surface area contributed by atoms with Gasteiger partial charge in [0.1, 0.15) is 0 Å². The molecule has 0 aliphatic rings. The molecule has 160 valence electrons. The van der Waals surface area contributed by atoms with E-state index in [4.69, 9.17) is 0 Å². The van der Waals surface area contributed by atoms with Crippen LogP contribution in [-0.2, 0) is 0 Å². The van der Waals surface area contributed by atoms with Gasteiger partial charge in [-0.05, 0) is 13.4 Å². The largest absolute Gasteiger partial charge is 2.00 e. The van der Waals surface area contributed by atoms with E-state index in [9.17, 15) is 0 Å². The van der Waals surface area contributed by atoms with Crippen LogP contribution in [0.1, 0.15) is 83.1 Å². The minimum atomic E-state index is 0. The first-order chi connectivity index (χ1) is 11.8. The standard InChI is InChI=1S/2C12H28B.Mg/c2*1-10(2)7-13(8-11(3)4)9-12(5)6;/h2*10-13H,7-9H2,1-6H3;/q2*-1;+2. The van der Waals surface area contributed by atoms with E-state index in [0.717, 1.165) is 35.5 Å². The third-order valence-electron chi connectivity index (χ3n) is 5.91. The fraction of sp³-hybridized carbons (Fsp3) is 1.00. The predicted octanol–water partition coefficient (Wildman–Crippen LogP) is 7.98. The summed E-state index contributed by atoms with van der Waals surface area (Å²) in [6, 6.07) is 0. The maximum atomic E-state index is 2.36. The van der Waals surface area contributed by atoms with Gasteiger partial charge in [-0.3, -0.25) is 0 Å². The molecule has 0 aliphatic carbocycles. The van der Waals surface area contributed by atoms with Crippen molar-refractivity contribution in [2.75, 3.05) is 0 Å². The Kier molecular flexibility index (Phi) is 22.8. The Morgan fingerprint density at radius 3 is 0.519 bits per heavy atom. The van der Waals surface area contributed by atoms with Crippen molar-refractivity contribution < 1.29 is 0 Å². The summed E-state index contributed by atoms with van der Waals surface area (Å²) < 4.78 is 0. The first kappa shape index (κ1) is 32.6. The molecule has 0 aliphatic heterocycles. The fourth-order valence-corrected chi connectivity index (χ4v) is 5.61. The maximum absolute atomic E-state index is 2.36. The Labute approximate surface area is 192 Å². The molecule has 0 aromatic carbocycles. The number of hydrogen-bond acceptors (Lipinski definition) is 0. The van der Waals surface area contributed by atoms with Crippen molar-refractivity contribution >= 4 is 36.5 Å². The molecule has 0 nitrogen and oxygen atoms in total. The van der Waals surface area contributed by atoms with Gasteiger partial charge in [0, 0.05) is 0 Å². The topological polar surface area (TPSA) is 0 Å². The van der Waals surface area contributed by atoms with Gasteiger partial charge in [0.15, 0.2) is 0 Å². The summed E-state index contributed by atoms with van der Waals surface area (Å²) >= 11 is 0. The molecule has 3 heteroatoms. The van der Waals surface area contributed by atoms with Gasteiger partial charge in [0.25, 0.3) is 0 Å². The van der Waals surface area contributed by atoms with Gasteiger partial charge in [0.2, 0.25) is 0 Å². The van der Waals surface area contributed by atoms with Crippen LogP contribution in [0.4, 0.5) is 0 Å². The molecule has 0 amide bonds. The first-order valence-corrected chi connectivity index (χ1v) is 12.4. The zero-order valence-electron chi connectivity index (χ0n) is 21.8. The van der Waals surface area contributed by atoms with Crippen LogP contribution >= 0.6 is 0 Å². The maximum Gasteiger partial charge on any atom is 2.00 e. The van der Waals surface area contributed by atoms with Crippen molar-refractivity contribution in [1.82, 2.24) is 0 Å². The van der Waals surface area contributed by atoms with Crippen LogP contribution in [0.3, 0.4) is 0 Å². The third kappa shape index (κ3) is 26.9. The van der Waals surface area contributed by atoms with Crippen LogP contribution in [0.2, 0.25) is 37.9 Å². The molecule has 0 unspecified atom stereocenters. The molecule has 0 atom stereocenters. The smallest absolute Gasteiger partial charge is 0.179 e. The van der Waals surface area contributed by atoms with Crippen LogP contribution < -0.4 is 0 Å². The number of hydrogen-bond donors (Lipinski definition) is 0. The van der Waals surface area contributed by atoms with Gasteiger partial charge >= 0.3 is 23.1 Å². The van der Waals surface area contributed by atoms with Crippen LogP contribution in [0.25, 0.3) is 0 Å². The van der Waals surface area contributed by atoms with Gasteiger partial charge in [-0.1, -0.05) is 119 Å². The van der Waals surface area contributed by atoms with E-state index in [-0.39, 0.29) is 36.5 Å². The zero-order valence-corrected chi connectivity index (χ0v) is 23.2. The average Bonchev–Trinajstić information content (AvgIpc) is 2.33. The molecule has 0 rings (SSSR count). The molecule has 0 aromatic rings. The van der Waals surface area contributed by atoms with Gasteiger partial charge in [-0.2, -0.15) is 37.9 Å². The van der Waals surface area contributed by atoms with Crippen molar-refractivity contribution in [2.24, 2.45) is 35.5 Å². The molecule has 27 heavy (non-hydrogen) atoms. The molecule has 0 heterocycles. The van der Waals surface area contributed by atoms with Crippen LogP contribution in [0.5, 0.6) is 0 Å². The zero-order chi connectivity index (χ0) is 20.9. The molecular formula is C24H56B2Mg. The molecule has 0 bridgehead atoms. The van der Waals surface area contributed by atoms with Gasteiger partial charge in [-0.15, -0.1) is 0 Å². The molecule has 0 radical (unpaired) electrons. The second kappa shape index (κ2) is 18.9. The summed E-state index contributed by atoms with van der Waals surface area (Å²) in [5.41, 5.74) is 0. The molecular weight excluding hydrogens is 334 g/mol. The van der Waals surface area contributed by atoms with E-state index < -0.39 is 0 Å². The molecule has 0 saturated heterocycles. The Morgan fingerprint density at radius 2 is 0.444 bits per heavy atom. The van der Waals surface area contributed by atoms with Crippen molar-refractivity contribution in [3.05, 3.63) is 0 Å². The van der Waals surface area contributed by atoms with Crippen molar-refractivity contribution in [1.29, 1.82) is 0 Å². The van der Waals surface area contributed by atoms with Crippen LogP contribution in [0, 0.1) is 35.5 Å². The van der Waals surface area contributed by atoms with Gasteiger partial charge in [-0.25, -0.2) is 0 Å². The summed E-state index contributed by atoms with van der Waals surface area (Å²) in [5.74, 6) is 5.40. The van der Waals surface area contributed by atoms with Gasteiger partial charge in [0.05, 0.1) is 0 Å². The quantitative estimate of drug-likeness (QED) is 0.296. The second-order valence-electron chi connectivity index (χ2n) is 12.2. The Bertz CT molecular complexity index is 221. The normalized spacial score (nSPS) is 12.0. The first-order valence-electron chi connectivity index (χ1n) is 12.4. The summed E-state index contributed by atoms with van der Waals surface area (Å²) in [7, 11) is 0. The van der Waals surface area contributed by atoms with Crippen molar-refractivity contribution in [3.8, 4) is 0 Å². The minimum absolute atomic E-state index is 0. The average molecular weight is 391 g/mol. The molecule has 0 fully saturated rings. The van der Waals surface area contributed by atoms with Gasteiger partial charge < -0.3 is 0 Å². The van der Waals surface area contributed by atoms with E-state index in [1.165, 1.54) is 37.9 Å².